The van der Waals surface area contributed by atoms with Gasteiger partial charge in [-0.15, -0.1) is 0 Å². The van der Waals surface area contributed by atoms with E-state index in [0.717, 1.165) is 13.1 Å². The quantitative estimate of drug-likeness (QED) is 0.579. The van der Waals surface area contributed by atoms with Crippen LogP contribution in [0, 0.1) is 5.92 Å². The summed E-state index contributed by atoms with van der Waals surface area (Å²) in [4.78, 5) is 0. The molecule has 0 aromatic carbocycles. The third-order valence-corrected chi connectivity index (χ3v) is 3.13. The van der Waals surface area contributed by atoms with E-state index < -0.39 is 0 Å². The number of hydrogen-bond acceptors (Lipinski definition) is 3. The van der Waals surface area contributed by atoms with Crippen molar-refractivity contribution in [2.45, 2.75) is 32.3 Å². The number of hydrogen-bond donors (Lipinski definition) is 0. The summed E-state index contributed by atoms with van der Waals surface area (Å²) in [6, 6.07) is 0. The van der Waals surface area contributed by atoms with Crippen LogP contribution in [0.25, 0.3) is 0 Å². The minimum atomic E-state index is 0.0315. The van der Waals surface area contributed by atoms with E-state index in [1.165, 1.54) is 12.8 Å². The number of piperidine rings is 1. The lowest BCUT2D eigenvalue weighted by Gasteiger charge is -2.41. The van der Waals surface area contributed by atoms with Gasteiger partial charge in [0.25, 0.3) is 0 Å². The van der Waals surface area contributed by atoms with Gasteiger partial charge in [-0.25, -0.2) is 0 Å². The van der Waals surface area contributed by atoms with Gasteiger partial charge in [-0.2, -0.15) is 0 Å². The summed E-state index contributed by atoms with van der Waals surface area (Å²) in [5.41, 5.74) is 0. The molecule has 0 aliphatic carbocycles. The second-order valence-corrected chi connectivity index (χ2v) is 4.31. The molecule has 2 fully saturated rings. The molecule has 2 rings (SSSR count). The van der Waals surface area contributed by atoms with Crippen LogP contribution < -0.4 is 0 Å². The van der Waals surface area contributed by atoms with E-state index in [0.29, 0.717) is 5.92 Å². The van der Waals surface area contributed by atoms with Gasteiger partial charge in [0.05, 0.1) is 0 Å². The SMILES string of the molecule is CC1OC(C2CCN(P)CC2)O1. The summed E-state index contributed by atoms with van der Waals surface area (Å²) in [7, 11) is 2.75. The first-order valence-electron chi connectivity index (χ1n) is 4.56. The first kappa shape index (κ1) is 8.89. The van der Waals surface area contributed by atoms with Gasteiger partial charge in [0.15, 0.2) is 12.6 Å². The Labute approximate surface area is 75.7 Å². The van der Waals surface area contributed by atoms with Crippen molar-refractivity contribution in [1.82, 2.24) is 4.67 Å². The van der Waals surface area contributed by atoms with Crippen molar-refractivity contribution in [2.75, 3.05) is 13.1 Å². The Morgan fingerprint density at radius 2 is 1.83 bits per heavy atom. The predicted octanol–water partition coefficient (Wildman–Crippen LogP) is 1.21. The lowest BCUT2D eigenvalue weighted by atomic mass is 9.97. The fourth-order valence-electron chi connectivity index (χ4n) is 1.80. The molecule has 2 aliphatic rings. The molecule has 0 amide bonds. The lowest BCUT2D eigenvalue weighted by molar-refractivity contribution is -0.394. The fourth-order valence-corrected chi connectivity index (χ4v) is 2.10. The maximum Gasteiger partial charge on any atom is 0.166 e. The first-order chi connectivity index (χ1) is 5.75. The highest BCUT2D eigenvalue weighted by molar-refractivity contribution is 7.13. The van der Waals surface area contributed by atoms with Gasteiger partial charge in [0.1, 0.15) is 0 Å². The monoisotopic (exact) mass is 189 g/mol. The van der Waals surface area contributed by atoms with Crippen LogP contribution in [0.4, 0.5) is 0 Å². The van der Waals surface area contributed by atoms with Crippen molar-refractivity contribution in [3.8, 4) is 0 Å². The molecule has 70 valence electrons. The molecule has 2 heterocycles. The second kappa shape index (κ2) is 3.59. The van der Waals surface area contributed by atoms with Crippen LogP contribution in [-0.2, 0) is 9.47 Å². The van der Waals surface area contributed by atoms with Crippen molar-refractivity contribution in [1.29, 1.82) is 0 Å². The van der Waals surface area contributed by atoms with Gasteiger partial charge < -0.3 is 9.47 Å². The topological polar surface area (TPSA) is 21.7 Å². The third kappa shape index (κ3) is 1.80. The Morgan fingerprint density at radius 3 is 2.33 bits per heavy atom. The highest BCUT2D eigenvalue weighted by Gasteiger charge is 2.35. The summed E-state index contributed by atoms with van der Waals surface area (Å²) >= 11 is 0. The van der Waals surface area contributed by atoms with Crippen molar-refractivity contribution in [2.24, 2.45) is 5.92 Å². The molecule has 0 radical (unpaired) electrons. The largest absolute Gasteiger partial charge is 0.324 e. The van der Waals surface area contributed by atoms with E-state index in [2.05, 4.69) is 14.1 Å². The van der Waals surface area contributed by atoms with E-state index in [1.54, 1.807) is 0 Å². The molecule has 2 aliphatic heterocycles. The lowest BCUT2D eigenvalue weighted by Crippen LogP contribution is -2.46. The van der Waals surface area contributed by atoms with Gasteiger partial charge >= 0.3 is 0 Å². The molecular formula is C8H16NO2P. The number of ether oxygens (including phenoxy) is 2. The molecule has 1 atom stereocenters. The Balaban J connectivity index is 1.75. The smallest absolute Gasteiger partial charge is 0.166 e. The molecule has 0 saturated carbocycles. The molecule has 0 spiro atoms. The van der Waals surface area contributed by atoms with E-state index in [9.17, 15) is 0 Å². The van der Waals surface area contributed by atoms with Crippen LogP contribution in [0.2, 0.25) is 0 Å². The standard InChI is InChI=1S/C8H16NO2P/c1-6-10-8(11-6)7-2-4-9(12)5-3-7/h6-8H,2-5,12H2,1H3. The molecular weight excluding hydrogens is 173 g/mol. The maximum absolute atomic E-state index is 5.47. The predicted molar refractivity (Wildman–Crippen MR) is 49.4 cm³/mol. The van der Waals surface area contributed by atoms with Crippen molar-refractivity contribution in [3.05, 3.63) is 0 Å². The van der Waals surface area contributed by atoms with E-state index in [-0.39, 0.29) is 12.6 Å². The minimum absolute atomic E-state index is 0.0315. The summed E-state index contributed by atoms with van der Waals surface area (Å²) in [5.74, 6) is 0.623. The number of rotatable bonds is 1. The molecule has 1 unspecified atom stereocenters. The van der Waals surface area contributed by atoms with Gasteiger partial charge in [0, 0.05) is 19.0 Å². The summed E-state index contributed by atoms with van der Waals surface area (Å²) in [5, 5.41) is 0. The molecule has 0 bridgehead atoms. The first-order valence-corrected chi connectivity index (χ1v) is 5.08. The Bertz CT molecular complexity index is 153. The Morgan fingerprint density at radius 1 is 1.25 bits per heavy atom. The van der Waals surface area contributed by atoms with E-state index >= 15 is 0 Å². The normalized spacial score (nSPS) is 39.5. The second-order valence-electron chi connectivity index (χ2n) is 3.58. The summed E-state index contributed by atoms with van der Waals surface area (Å²) in [6.45, 7) is 4.24. The van der Waals surface area contributed by atoms with Crippen LogP contribution in [0.1, 0.15) is 19.8 Å². The van der Waals surface area contributed by atoms with Gasteiger partial charge in [-0.05, 0) is 19.8 Å². The van der Waals surface area contributed by atoms with E-state index in [4.69, 9.17) is 9.47 Å². The van der Waals surface area contributed by atoms with Crippen molar-refractivity contribution >= 4 is 9.39 Å². The van der Waals surface area contributed by atoms with Crippen LogP contribution >= 0.6 is 9.39 Å². The zero-order valence-corrected chi connectivity index (χ0v) is 8.56. The average molecular weight is 189 g/mol. The van der Waals surface area contributed by atoms with Gasteiger partial charge in [0.2, 0.25) is 0 Å². The summed E-state index contributed by atoms with van der Waals surface area (Å²) in [6.07, 6.45) is 2.52. The Kier molecular flexibility index (Phi) is 2.66. The van der Waals surface area contributed by atoms with E-state index in [1.807, 2.05) is 6.92 Å². The molecule has 0 N–H and O–H groups in total. The van der Waals surface area contributed by atoms with Crippen LogP contribution in [0.3, 0.4) is 0 Å². The van der Waals surface area contributed by atoms with Crippen molar-refractivity contribution in [3.63, 3.8) is 0 Å². The minimum Gasteiger partial charge on any atom is -0.324 e. The average Bonchev–Trinajstić information content (AvgIpc) is 2.01. The molecule has 3 nitrogen and oxygen atoms in total. The number of nitrogens with zero attached hydrogens (tertiary/aromatic N) is 1. The van der Waals surface area contributed by atoms with Gasteiger partial charge in [-0.3, -0.25) is 4.67 Å². The van der Waals surface area contributed by atoms with Crippen LogP contribution in [0.15, 0.2) is 0 Å². The Hall–Kier alpha value is 0.310. The maximum atomic E-state index is 5.47. The molecule has 2 saturated heterocycles. The molecule has 0 aromatic heterocycles. The third-order valence-electron chi connectivity index (χ3n) is 2.61. The molecule has 0 aromatic rings. The fraction of sp³-hybridized carbons (Fsp3) is 1.00. The highest BCUT2D eigenvalue weighted by Crippen LogP contribution is 2.31. The highest BCUT2D eigenvalue weighted by atomic mass is 31.0. The van der Waals surface area contributed by atoms with Crippen molar-refractivity contribution < 1.29 is 9.47 Å². The summed E-state index contributed by atoms with van der Waals surface area (Å²) < 4.78 is 13.2. The molecule has 12 heavy (non-hydrogen) atoms. The van der Waals surface area contributed by atoms with Gasteiger partial charge in [-0.1, -0.05) is 9.39 Å². The van der Waals surface area contributed by atoms with Crippen LogP contribution in [0.5, 0.6) is 0 Å². The zero-order chi connectivity index (χ0) is 8.55. The zero-order valence-electron chi connectivity index (χ0n) is 7.40. The van der Waals surface area contributed by atoms with Crippen LogP contribution in [-0.4, -0.2) is 30.3 Å². The molecule has 4 heteroatoms.